The summed E-state index contributed by atoms with van der Waals surface area (Å²) in [6.45, 7) is 8.94. The third-order valence-corrected chi connectivity index (χ3v) is 12.5. The van der Waals surface area contributed by atoms with Gasteiger partial charge in [-0.25, -0.2) is 4.21 Å². The molecule has 10 heteroatoms. The molecule has 8 nitrogen and oxygen atoms in total. The van der Waals surface area contributed by atoms with Gasteiger partial charge in [-0.1, -0.05) is 44.4 Å². The van der Waals surface area contributed by atoms with Crippen LogP contribution in [0.25, 0.3) is 0 Å². The van der Waals surface area contributed by atoms with Gasteiger partial charge in [-0.15, -0.1) is 0 Å². The number of anilines is 1. The van der Waals surface area contributed by atoms with Crippen molar-refractivity contribution in [3.05, 3.63) is 58.1 Å². The van der Waals surface area contributed by atoms with Crippen LogP contribution in [0.4, 0.5) is 5.69 Å². The van der Waals surface area contributed by atoms with Gasteiger partial charge in [0.1, 0.15) is 22.8 Å². The lowest BCUT2D eigenvalue weighted by atomic mass is 9.65. The van der Waals surface area contributed by atoms with Gasteiger partial charge in [0.25, 0.3) is 5.91 Å². The Kier molecular flexibility index (Phi) is 11.0. The largest absolute Gasteiger partial charge is 0.491 e. The van der Waals surface area contributed by atoms with Crippen LogP contribution in [-0.2, 0) is 26.9 Å². The van der Waals surface area contributed by atoms with Crippen LogP contribution in [-0.4, -0.2) is 65.8 Å². The van der Waals surface area contributed by atoms with E-state index in [9.17, 15) is 14.1 Å². The summed E-state index contributed by atoms with van der Waals surface area (Å²) in [6.07, 6.45) is 6.07. The number of rotatable bonds is 4. The molecular weight excluding hydrogens is 624 g/mol. The van der Waals surface area contributed by atoms with E-state index in [0.29, 0.717) is 37.2 Å². The molecule has 2 aromatic carbocycles. The third-order valence-electron chi connectivity index (χ3n) is 10.8. The quantitative estimate of drug-likeness (QED) is 0.396. The van der Waals surface area contributed by atoms with Crippen molar-refractivity contribution in [1.82, 2.24) is 4.72 Å². The van der Waals surface area contributed by atoms with E-state index in [4.69, 9.17) is 25.8 Å². The zero-order chi connectivity index (χ0) is 32.4. The molecule has 0 spiro atoms. The Balaban J connectivity index is 1.36. The van der Waals surface area contributed by atoms with Crippen molar-refractivity contribution < 1.29 is 28.3 Å². The molecule has 7 atom stereocenters. The first kappa shape index (κ1) is 33.7. The number of carbonyl (C=O) groups is 1. The SMILES string of the molecule is CCCc1cc(Cl)ccc1C1COc2ccc3cc2N(C1)CC1CCC1C(C1OCC(O)CO1)CCCC(C)C(C)S(=O)NC3=O. The number of aliphatic hydroxyl groups is 1. The molecule has 2 bridgehead atoms. The standard InChI is InChI=1S/C36H49ClN2O6S/c1-4-6-24-15-28(37)11-13-30(24)27-18-39-17-26-9-12-31(26)32(36-44-20-29(40)21-45-36)8-5-7-22(2)23(3)46(42)38-35(41)25-10-14-34(43-19-27)33(39)16-25/h10-11,13-16,22-23,26-27,29,31-32,36,40H,4-9,12,17-21H2,1-3H3,(H,38,41). The molecule has 1 saturated heterocycles. The van der Waals surface area contributed by atoms with Gasteiger partial charge in [-0.2, -0.15) is 0 Å². The molecule has 1 amide bonds. The van der Waals surface area contributed by atoms with Gasteiger partial charge in [-0.3, -0.25) is 9.52 Å². The second-order valence-electron chi connectivity index (χ2n) is 13.9. The summed E-state index contributed by atoms with van der Waals surface area (Å²) >= 11 is 6.44. The van der Waals surface area contributed by atoms with Crippen LogP contribution in [0.2, 0.25) is 5.02 Å². The van der Waals surface area contributed by atoms with Gasteiger partial charge in [0.05, 0.1) is 30.8 Å². The summed E-state index contributed by atoms with van der Waals surface area (Å²) in [5, 5.41) is 10.6. The Labute approximate surface area is 281 Å². The predicted molar refractivity (Wildman–Crippen MR) is 182 cm³/mol. The van der Waals surface area contributed by atoms with E-state index in [1.807, 2.05) is 25.1 Å². The molecular formula is C36H49ClN2O6S. The average Bonchev–Trinajstić information content (AvgIpc) is 3.21. The highest BCUT2D eigenvalue weighted by molar-refractivity contribution is 7.84. The number of nitrogens with one attached hydrogen (secondary N) is 1. The van der Waals surface area contributed by atoms with Crippen LogP contribution in [0.15, 0.2) is 36.4 Å². The normalized spacial score (nSPS) is 34.0. The maximum atomic E-state index is 13.4. The predicted octanol–water partition coefficient (Wildman–Crippen LogP) is 6.25. The number of carbonyl (C=O) groups excluding carboxylic acids is 1. The lowest BCUT2D eigenvalue weighted by Gasteiger charge is -2.47. The minimum atomic E-state index is -1.52. The van der Waals surface area contributed by atoms with Crippen molar-refractivity contribution in [2.75, 3.05) is 37.8 Å². The molecule has 3 aliphatic heterocycles. The second kappa shape index (κ2) is 14.9. The molecule has 4 aliphatic rings. The first-order chi connectivity index (χ1) is 22.2. The van der Waals surface area contributed by atoms with Crippen LogP contribution >= 0.6 is 11.6 Å². The smallest absolute Gasteiger partial charge is 0.263 e. The summed E-state index contributed by atoms with van der Waals surface area (Å²) in [7, 11) is -1.52. The lowest BCUT2D eigenvalue weighted by Crippen LogP contribution is -2.48. The fraction of sp³-hybridized carbons (Fsp3) is 0.639. The summed E-state index contributed by atoms with van der Waals surface area (Å²) in [6, 6.07) is 11.8. The first-order valence-electron chi connectivity index (χ1n) is 17.1. The van der Waals surface area contributed by atoms with E-state index in [1.165, 1.54) is 11.1 Å². The Bertz CT molecular complexity index is 1400. The fourth-order valence-electron chi connectivity index (χ4n) is 7.79. The van der Waals surface area contributed by atoms with Gasteiger partial charge >= 0.3 is 0 Å². The molecule has 46 heavy (non-hydrogen) atoms. The highest BCUT2D eigenvalue weighted by atomic mass is 35.5. The number of halogens is 1. The molecule has 3 heterocycles. The molecule has 1 aliphatic carbocycles. The summed E-state index contributed by atoms with van der Waals surface area (Å²) in [5.74, 6) is 1.76. The van der Waals surface area contributed by atoms with E-state index in [1.54, 1.807) is 6.07 Å². The summed E-state index contributed by atoms with van der Waals surface area (Å²) in [4.78, 5) is 15.8. The Morgan fingerprint density at radius 3 is 2.54 bits per heavy atom. The van der Waals surface area contributed by atoms with Crippen LogP contribution in [0.1, 0.15) is 86.7 Å². The van der Waals surface area contributed by atoms with Crippen molar-refractivity contribution in [2.24, 2.45) is 23.7 Å². The van der Waals surface area contributed by atoms with Crippen molar-refractivity contribution >= 4 is 34.2 Å². The number of aryl methyl sites for hydroxylation is 1. The minimum absolute atomic E-state index is 0.116. The van der Waals surface area contributed by atoms with Crippen molar-refractivity contribution in [3.8, 4) is 5.75 Å². The number of fused-ring (bicyclic) bond motifs is 2. The molecule has 2 fully saturated rings. The van der Waals surface area contributed by atoms with E-state index >= 15 is 0 Å². The monoisotopic (exact) mass is 672 g/mol. The molecule has 7 unspecified atom stereocenters. The second-order valence-corrected chi connectivity index (χ2v) is 15.9. The number of aliphatic hydroxyl groups excluding tert-OH is 1. The maximum absolute atomic E-state index is 13.4. The third kappa shape index (κ3) is 7.44. The average molecular weight is 673 g/mol. The van der Waals surface area contributed by atoms with Crippen LogP contribution in [0.5, 0.6) is 5.75 Å². The van der Waals surface area contributed by atoms with Gasteiger partial charge < -0.3 is 24.2 Å². The number of hydrogen-bond donors (Lipinski definition) is 2. The number of hydrogen-bond acceptors (Lipinski definition) is 7. The van der Waals surface area contributed by atoms with Crippen LogP contribution < -0.4 is 14.4 Å². The van der Waals surface area contributed by atoms with Crippen LogP contribution in [0, 0.1) is 23.7 Å². The number of amides is 1. The van der Waals surface area contributed by atoms with Gasteiger partial charge in [0.15, 0.2) is 6.29 Å². The molecule has 252 valence electrons. The van der Waals surface area contributed by atoms with E-state index < -0.39 is 17.1 Å². The maximum Gasteiger partial charge on any atom is 0.263 e. The topological polar surface area (TPSA) is 97.3 Å². The van der Waals surface area contributed by atoms with Gasteiger partial charge in [0, 0.05) is 35.5 Å². The highest BCUT2D eigenvalue weighted by Gasteiger charge is 2.44. The Morgan fingerprint density at radius 1 is 1.00 bits per heavy atom. The van der Waals surface area contributed by atoms with Crippen molar-refractivity contribution in [2.45, 2.75) is 89.3 Å². The lowest BCUT2D eigenvalue weighted by molar-refractivity contribution is -0.252. The van der Waals surface area contributed by atoms with Gasteiger partial charge in [0.2, 0.25) is 0 Å². The van der Waals surface area contributed by atoms with Crippen molar-refractivity contribution in [1.29, 1.82) is 0 Å². The molecule has 6 rings (SSSR count). The number of benzene rings is 2. The fourth-order valence-corrected chi connectivity index (χ4v) is 9.03. The van der Waals surface area contributed by atoms with E-state index in [-0.39, 0.29) is 35.2 Å². The molecule has 0 radical (unpaired) electrons. The number of nitrogens with zero attached hydrogens (tertiary/aromatic N) is 1. The Hall–Kier alpha value is -2.17. The molecule has 2 N–H and O–H groups in total. The zero-order valence-corrected chi connectivity index (χ0v) is 28.9. The van der Waals surface area contributed by atoms with E-state index in [0.717, 1.165) is 74.5 Å². The molecule has 2 aromatic rings. The highest BCUT2D eigenvalue weighted by Crippen LogP contribution is 2.47. The van der Waals surface area contributed by atoms with Crippen LogP contribution in [0.3, 0.4) is 0 Å². The minimum Gasteiger partial charge on any atom is -0.491 e. The zero-order valence-electron chi connectivity index (χ0n) is 27.3. The van der Waals surface area contributed by atoms with E-state index in [2.05, 4.69) is 35.6 Å². The summed E-state index contributed by atoms with van der Waals surface area (Å²) in [5.41, 5.74) is 3.89. The van der Waals surface area contributed by atoms with Crippen molar-refractivity contribution in [3.63, 3.8) is 0 Å². The first-order valence-corrected chi connectivity index (χ1v) is 18.7. The molecule has 1 saturated carbocycles. The number of ether oxygens (including phenoxy) is 3. The van der Waals surface area contributed by atoms with Gasteiger partial charge in [-0.05, 0) is 98.2 Å². The molecule has 0 aromatic heterocycles. The summed E-state index contributed by atoms with van der Waals surface area (Å²) < 4.78 is 34.8. The Morgan fingerprint density at radius 2 is 1.80 bits per heavy atom.